The number of halogens is 1. The predicted molar refractivity (Wildman–Crippen MR) is 119 cm³/mol. The smallest absolute Gasteiger partial charge is 0.168 e. The minimum absolute atomic E-state index is 0.00319. The van der Waals surface area contributed by atoms with Crippen LogP contribution in [-0.4, -0.2) is 17.3 Å². The largest absolute Gasteiger partial charge is 0.383 e. The molecule has 0 amide bonds. The Balaban J connectivity index is 1.68. The quantitative estimate of drug-likeness (QED) is 0.663. The Bertz CT molecular complexity index is 1200. The minimum atomic E-state index is -0.304. The van der Waals surface area contributed by atoms with E-state index in [4.69, 9.17) is 0 Å². The van der Waals surface area contributed by atoms with Crippen molar-refractivity contribution in [3.8, 4) is 11.1 Å². The highest BCUT2D eigenvalue weighted by Crippen LogP contribution is 2.42. The van der Waals surface area contributed by atoms with Gasteiger partial charge in [0.25, 0.3) is 0 Å². The number of hydrogen-bond acceptors (Lipinski definition) is 3. The van der Waals surface area contributed by atoms with Crippen molar-refractivity contribution in [1.29, 1.82) is 0 Å². The SMILES string of the molecule is CC1=CCC(/C=C2\C(=O)Cc3c(F)cc(-c4cnc5c(c4C)NCCC5)c(C)c32)=C1. The summed E-state index contributed by atoms with van der Waals surface area (Å²) < 4.78 is 15.2. The van der Waals surface area contributed by atoms with Crippen molar-refractivity contribution >= 4 is 17.0 Å². The fraction of sp³-hybridized carbons (Fsp3) is 0.308. The number of pyridine rings is 1. The number of nitrogens with zero attached hydrogens (tertiary/aromatic N) is 1. The maximum absolute atomic E-state index is 15.2. The van der Waals surface area contributed by atoms with Crippen molar-refractivity contribution in [3.05, 3.63) is 75.4 Å². The zero-order valence-electron chi connectivity index (χ0n) is 17.7. The number of hydrogen-bond donors (Lipinski definition) is 1. The van der Waals surface area contributed by atoms with Gasteiger partial charge < -0.3 is 5.32 Å². The van der Waals surface area contributed by atoms with Crippen LogP contribution in [0.1, 0.15) is 47.7 Å². The number of aromatic nitrogens is 1. The molecule has 0 spiro atoms. The molecular formula is C26H25FN2O. The second kappa shape index (κ2) is 7.05. The van der Waals surface area contributed by atoms with Crippen LogP contribution in [-0.2, 0) is 17.6 Å². The number of ketones is 1. The van der Waals surface area contributed by atoms with E-state index < -0.39 is 0 Å². The number of nitrogens with one attached hydrogen (secondary N) is 1. The van der Waals surface area contributed by atoms with Gasteiger partial charge in [-0.1, -0.05) is 17.7 Å². The van der Waals surface area contributed by atoms with Crippen molar-refractivity contribution in [1.82, 2.24) is 4.98 Å². The van der Waals surface area contributed by atoms with Crippen LogP contribution in [0.2, 0.25) is 0 Å². The van der Waals surface area contributed by atoms with E-state index in [2.05, 4.69) is 36.3 Å². The molecule has 0 saturated heterocycles. The van der Waals surface area contributed by atoms with Gasteiger partial charge in [-0.25, -0.2) is 4.39 Å². The molecule has 4 heteroatoms. The molecular weight excluding hydrogens is 375 g/mol. The third-order valence-electron chi connectivity index (χ3n) is 6.55. The van der Waals surface area contributed by atoms with E-state index in [0.29, 0.717) is 11.1 Å². The molecule has 2 heterocycles. The van der Waals surface area contributed by atoms with Gasteiger partial charge in [-0.05, 0) is 80.0 Å². The summed E-state index contributed by atoms with van der Waals surface area (Å²) >= 11 is 0. The van der Waals surface area contributed by atoms with Gasteiger partial charge in [-0.2, -0.15) is 0 Å². The highest BCUT2D eigenvalue weighted by molar-refractivity contribution is 6.26. The van der Waals surface area contributed by atoms with E-state index in [1.165, 1.54) is 5.57 Å². The van der Waals surface area contributed by atoms with Crippen LogP contribution in [0.3, 0.4) is 0 Å². The maximum atomic E-state index is 15.2. The highest BCUT2D eigenvalue weighted by Gasteiger charge is 2.31. The molecule has 0 atom stereocenters. The number of fused-ring (bicyclic) bond motifs is 2. The van der Waals surface area contributed by atoms with Crippen molar-refractivity contribution in [2.45, 2.75) is 46.5 Å². The van der Waals surface area contributed by atoms with Crippen molar-refractivity contribution in [2.75, 3.05) is 11.9 Å². The Morgan fingerprint density at radius 3 is 2.77 bits per heavy atom. The standard InChI is InChI=1S/C26H25FN2O/c1-14-6-7-17(9-14)10-20-24(30)12-19-22(27)11-18(15(2)25(19)20)21-13-29-23-5-4-8-28-26(23)16(21)3/h6,9-11,13,28H,4-5,7-8,12H2,1-3H3/b20-10+. The first-order valence-corrected chi connectivity index (χ1v) is 10.6. The average Bonchev–Trinajstić information content (AvgIpc) is 3.29. The van der Waals surface area contributed by atoms with E-state index in [1.807, 2.05) is 19.2 Å². The number of benzene rings is 1. The molecule has 1 aromatic heterocycles. The first kappa shape index (κ1) is 19.0. The molecule has 152 valence electrons. The number of allylic oxidation sites excluding steroid dienone is 6. The number of anilines is 1. The second-order valence-corrected chi connectivity index (χ2v) is 8.56. The zero-order valence-corrected chi connectivity index (χ0v) is 17.7. The van der Waals surface area contributed by atoms with Gasteiger partial charge in [0, 0.05) is 35.9 Å². The third kappa shape index (κ3) is 2.94. The Morgan fingerprint density at radius 1 is 1.17 bits per heavy atom. The topological polar surface area (TPSA) is 42.0 Å². The van der Waals surface area contributed by atoms with Gasteiger partial charge in [0.2, 0.25) is 0 Å². The molecule has 3 aliphatic rings. The molecule has 30 heavy (non-hydrogen) atoms. The summed E-state index contributed by atoms with van der Waals surface area (Å²) in [6.45, 7) is 7.05. The van der Waals surface area contributed by atoms with Crippen LogP contribution < -0.4 is 5.32 Å². The summed E-state index contributed by atoms with van der Waals surface area (Å²) in [5.74, 6) is -0.307. The molecule has 1 N–H and O–H groups in total. The molecule has 0 fully saturated rings. The summed E-state index contributed by atoms with van der Waals surface area (Å²) in [6.07, 6.45) is 11.0. The van der Waals surface area contributed by atoms with E-state index in [9.17, 15) is 4.79 Å². The fourth-order valence-corrected chi connectivity index (χ4v) is 4.96. The summed E-state index contributed by atoms with van der Waals surface area (Å²) in [5.41, 5.74) is 10.2. The van der Waals surface area contributed by atoms with Crippen molar-refractivity contribution < 1.29 is 9.18 Å². The Kier molecular flexibility index (Phi) is 4.46. The Morgan fingerprint density at radius 2 is 2.00 bits per heavy atom. The first-order chi connectivity index (χ1) is 14.4. The van der Waals surface area contributed by atoms with Gasteiger partial charge in [0.15, 0.2) is 5.78 Å². The first-order valence-electron chi connectivity index (χ1n) is 10.6. The number of carbonyl (C=O) groups excluding carboxylic acids is 1. The minimum Gasteiger partial charge on any atom is -0.383 e. The zero-order chi connectivity index (χ0) is 21.0. The second-order valence-electron chi connectivity index (χ2n) is 8.56. The fourth-order valence-electron chi connectivity index (χ4n) is 4.96. The molecule has 3 nitrogen and oxygen atoms in total. The number of carbonyl (C=O) groups is 1. The maximum Gasteiger partial charge on any atom is 0.168 e. The lowest BCUT2D eigenvalue weighted by Gasteiger charge is -2.22. The lowest BCUT2D eigenvalue weighted by Crippen LogP contribution is -2.15. The summed E-state index contributed by atoms with van der Waals surface area (Å²) in [7, 11) is 0. The van der Waals surface area contributed by atoms with Crippen LogP contribution in [0.5, 0.6) is 0 Å². The number of rotatable bonds is 2. The Hall–Kier alpha value is -3.01. The molecule has 2 aliphatic carbocycles. The highest BCUT2D eigenvalue weighted by atomic mass is 19.1. The molecule has 0 bridgehead atoms. The van der Waals surface area contributed by atoms with Crippen molar-refractivity contribution in [3.63, 3.8) is 0 Å². The summed E-state index contributed by atoms with van der Waals surface area (Å²) in [4.78, 5) is 17.5. The summed E-state index contributed by atoms with van der Waals surface area (Å²) in [5, 5.41) is 3.46. The van der Waals surface area contributed by atoms with Crippen LogP contribution in [0.4, 0.5) is 10.1 Å². The van der Waals surface area contributed by atoms with Gasteiger partial charge in [-0.15, -0.1) is 0 Å². The molecule has 0 unspecified atom stereocenters. The molecule has 1 aromatic carbocycles. The molecule has 1 aliphatic heterocycles. The summed E-state index contributed by atoms with van der Waals surface area (Å²) in [6, 6.07) is 1.59. The monoisotopic (exact) mass is 400 g/mol. The number of Topliss-reactive ketones (excluding diaryl/α,β-unsaturated/α-hetero) is 1. The van der Waals surface area contributed by atoms with E-state index >= 15 is 4.39 Å². The number of aryl methyl sites for hydroxylation is 1. The third-order valence-corrected chi connectivity index (χ3v) is 6.55. The lowest BCUT2D eigenvalue weighted by atomic mass is 9.89. The van der Waals surface area contributed by atoms with Gasteiger partial charge >= 0.3 is 0 Å². The van der Waals surface area contributed by atoms with Gasteiger partial charge in [0.05, 0.1) is 11.4 Å². The van der Waals surface area contributed by atoms with Crippen LogP contribution in [0.15, 0.2) is 41.6 Å². The van der Waals surface area contributed by atoms with Gasteiger partial charge in [-0.3, -0.25) is 9.78 Å². The van der Waals surface area contributed by atoms with Crippen molar-refractivity contribution in [2.24, 2.45) is 0 Å². The van der Waals surface area contributed by atoms with Gasteiger partial charge in [0.1, 0.15) is 5.82 Å². The molecule has 2 aromatic rings. The predicted octanol–water partition coefficient (Wildman–Crippen LogP) is 5.65. The molecule has 5 rings (SSSR count). The van der Waals surface area contributed by atoms with E-state index in [0.717, 1.165) is 70.6 Å². The lowest BCUT2D eigenvalue weighted by molar-refractivity contribution is -0.112. The van der Waals surface area contributed by atoms with Crippen LogP contribution >= 0.6 is 0 Å². The van der Waals surface area contributed by atoms with Crippen LogP contribution in [0.25, 0.3) is 16.7 Å². The van der Waals surface area contributed by atoms with Crippen LogP contribution in [0, 0.1) is 19.7 Å². The Labute approximate surface area is 176 Å². The van der Waals surface area contributed by atoms with E-state index in [-0.39, 0.29) is 18.0 Å². The molecule has 0 saturated carbocycles. The average molecular weight is 400 g/mol. The molecule has 0 radical (unpaired) electrons. The van der Waals surface area contributed by atoms with E-state index in [1.54, 1.807) is 6.07 Å². The normalized spacial score (nSPS) is 18.8.